The van der Waals surface area contributed by atoms with Gasteiger partial charge in [0, 0.05) is 12.1 Å². The van der Waals surface area contributed by atoms with Gasteiger partial charge in [0.25, 0.3) is 0 Å². The fourth-order valence-corrected chi connectivity index (χ4v) is 1.52. The van der Waals surface area contributed by atoms with Crippen molar-refractivity contribution in [3.63, 3.8) is 0 Å². The van der Waals surface area contributed by atoms with Gasteiger partial charge in [0.1, 0.15) is 0 Å². The number of hydrogen-bond donors (Lipinski definition) is 2. The molecule has 0 aliphatic heterocycles. The van der Waals surface area contributed by atoms with Crippen molar-refractivity contribution in [2.75, 3.05) is 7.05 Å². The molecule has 0 heterocycles. The maximum absolute atomic E-state index is 5.83. The Kier molecular flexibility index (Phi) is 2.49. The highest BCUT2D eigenvalue weighted by Gasteiger charge is 2.18. The highest BCUT2D eigenvalue weighted by molar-refractivity contribution is 4.81. The standard InChI is InChI=1S/C7H16N2/c1-9-7-5-3-2-4-6(7)8/h6-7,9H,2-5,8H2,1H3/t6-,7-/m1/s1. The quantitative estimate of drug-likeness (QED) is 0.539. The van der Waals surface area contributed by atoms with Gasteiger partial charge in [-0.3, -0.25) is 0 Å². The Morgan fingerprint density at radius 1 is 1.33 bits per heavy atom. The van der Waals surface area contributed by atoms with E-state index >= 15 is 0 Å². The van der Waals surface area contributed by atoms with Crippen LogP contribution in [0.2, 0.25) is 0 Å². The van der Waals surface area contributed by atoms with Crippen LogP contribution in [-0.2, 0) is 0 Å². The van der Waals surface area contributed by atoms with Gasteiger partial charge in [0.2, 0.25) is 0 Å². The van der Waals surface area contributed by atoms with Crippen molar-refractivity contribution < 1.29 is 0 Å². The monoisotopic (exact) mass is 128 g/mol. The zero-order valence-electron chi connectivity index (χ0n) is 6.06. The minimum absolute atomic E-state index is 0.406. The molecule has 1 aliphatic carbocycles. The van der Waals surface area contributed by atoms with Gasteiger partial charge in [0.15, 0.2) is 0 Å². The van der Waals surface area contributed by atoms with Crippen molar-refractivity contribution in [3.8, 4) is 0 Å². The average molecular weight is 128 g/mol. The summed E-state index contributed by atoms with van der Waals surface area (Å²) in [5.74, 6) is 0. The van der Waals surface area contributed by atoms with E-state index in [0.29, 0.717) is 12.1 Å². The normalized spacial score (nSPS) is 36.7. The van der Waals surface area contributed by atoms with Gasteiger partial charge in [-0.25, -0.2) is 0 Å². The molecule has 1 rings (SSSR count). The van der Waals surface area contributed by atoms with Gasteiger partial charge >= 0.3 is 0 Å². The summed E-state index contributed by atoms with van der Waals surface area (Å²) in [5.41, 5.74) is 5.83. The van der Waals surface area contributed by atoms with E-state index in [1.54, 1.807) is 0 Å². The molecule has 9 heavy (non-hydrogen) atoms. The molecule has 0 radical (unpaired) electrons. The Morgan fingerprint density at radius 2 is 2.00 bits per heavy atom. The summed E-state index contributed by atoms with van der Waals surface area (Å²) >= 11 is 0. The topological polar surface area (TPSA) is 38.0 Å². The van der Waals surface area contributed by atoms with Crippen LogP contribution in [0.4, 0.5) is 0 Å². The molecule has 0 amide bonds. The van der Waals surface area contributed by atoms with E-state index < -0.39 is 0 Å². The first-order chi connectivity index (χ1) is 4.34. The summed E-state index contributed by atoms with van der Waals surface area (Å²) < 4.78 is 0. The zero-order chi connectivity index (χ0) is 6.69. The maximum Gasteiger partial charge on any atom is 0.0216 e. The predicted octanol–water partition coefficient (Wildman–Crippen LogP) is 0.476. The van der Waals surface area contributed by atoms with E-state index in [1.807, 2.05) is 7.05 Å². The first-order valence-electron chi connectivity index (χ1n) is 3.77. The van der Waals surface area contributed by atoms with Crippen molar-refractivity contribution in [3.05, 3.63) is 0 Å². The van der Waals surface area contributed by atoms with E-state index in [-0.39, 0.29) is 0 Å². The Bertz CT molecular complexity index is 83.0. The van der Waals surface area contributed by atoms with Crippen LogP contribution in [0.1, 0.15) is 25.7 Å². The first kappa shape index (κ1) is 7.03. The van der Waals surface area contributed by atoms with E-state index in [4.69, 9.17) is 5.73 Å². The highest BCUT2D eigenvalue weighted by Crippen LogP contribution is 2.15. The summed E-state index contributed by atoms with van der Waals surface area (Å²) in [5, 5.41) is 3.23. The summed E-state index contributed by atoms with van der Waals surface area (Å²) in [6.45, 7) is 0. The molecule has 2 nitrogen and oxygen atoms in total. The van der Waals surface area contributed by atoms with Crippen molar-refractivity contribution in [1.82, 2.24) is 5.32 Å². The number of rotatable bonds is 1. The van der Waals surface area contributed by atoms with Crippen molar-refractivity contribution in [1.29, 1.82) is 0 Å². The van der Waals surface area contributed by atoms with Crippen LogP contribution in [0.25, 0.3) is 0 Å². The molecule has 0 bridgehead atoms. The lowest BCUT2D eigenvalue weighted by Gasteiger charge is -2.27. The summed E-state index contributed by atoms with van der Waals surface area (Å²) in [4.78, 5) is 0. The number of nitrogens with one attached hydrogen (secondary N) is 1. The van der Waals surface area contributed by atoms with Gasteiger partial charge in [-0.05, 0) is 19.9 Å². The molecule has 0 unspecified atom stereocenters. The summed E-state index contributed by atoms with van der Waals surface area (Å²) in [6.07, 6.45) is 5.13. The molecule has 1 saturated carbocycles. The Balaban J connectivity index is 2.30. The molecule has 1 aliphatic rings. The van der Waals surface area contributed by atoms with Crippen LogP contribution in [0, 0.1) is 0 Å². The predicted molar refractivity (Wildman–Crippen MR) is 39.3 cm³/mol. The molecule has 54 valence electrons. The van der Waals surface area contributed by atoms with Crippen LogP contribution < -0.4 is 11.1 Å². The van der Waals surface area contributed by atoms with Crippen molar-refractivity contribution in [2.24, 2.45) is 5.73 Å². The van der Waals surface area contributed by atoms with Gasteiger partial charge in [-0.2, -0.15) is 0 Å². The summed E-state index contributed by atoms with van der Waals surface area (Å²) in [7, 11) is 2.00. The van der Waals surface area contributed by atoms with Crippen molar-refractivity contribution >= 4 is 0 Å². The SMILES string of the molecule is CN[C@@H]1CCCC[C@H]1N. The van der Waals surface area contributed by atoms with Gasteiger partial charge in [0.05, 0.1) is 0 Å². The van der Waals surface area contributed by atoms with Crippen LogP contribution >= 0.6 is 0 Å². The summed E-state index contributed by atoms with van der Waals surface area (Å²) in [6, 6.07) is 0.988. The maximum atomic E-state index is 5.83. The average Bonchev–Trinajstić information content (AvgIpc) is 1.89. The molecule has 0 aromatic heterocycles. The third kappa shape index (κ3) is 1.66. The fraction of sp³-hybridized carbons (Fsp3) is 1.00. The third-order valence-corrected chi connectivity index (χ3v) is 2.19. The molecule has 0 saturated heterocycles. The zero-order valence-corrected chi connectivity index (χ0v) is 6.06. The highest BCUT2D eigenvalue weighted by atomic mass is 14.9. The van der Waals surface area contributed by atoms with Crippen LogP contribution in [0.3, 0.4) is 0 Å². The third-order valence-electron chi connectivity index (χ3n) is 2.19. The van der Waals surface area contributed by atoms with Crippen LogP contribution in [0.5, 0.6) is 0 Å². The molecule has 0 aromatic carbocycles. The van der Waals surface area contributed by atoms with Gasteiger partial charge < -0.3 is 11.1 Å². The molecule has 0 spiro atoms. The second-order valence-electron chi connectivity index (χ2n) is 2.84. The minimum Gasteiger partial charge on any atom is -0.326 e. The molecule has 2 heteroatoms. The number of nitrogens with two attached hydrogens (primary N) is 1. The van der Waals surface area contributed by atoms with E-state index in [9.17, 15) is 0 Å². The molecule has 2 atom stereocenters. The lowest BCUT2D eigenvalue weighted by atomic mass is 9.91. The Morgan fingerprint density at radius 3 is 2.44 bits per heavy atom. The second kappa shape index (κ2) is 3.18. The van der Waals surface area contributed by atoms with Gasteiger partial charge in [-0.1, -0.05) is 12.8 Å². The van der Waals surface area contributed by atoms with Crippen molar-refractivity contribution in [2.45, 2.75) is 37.8 Å². The molecule has 0 aromatic rings. The van der Waals surface area contributed by atoms with E-state index in [2.05, 4.69) is 5.32 Å². The fourth-order valence-electron chi connectivity index (χ4n) is 1.52. The smallest absolute Gasteiger partial charge is 0.0216 e. The first-order valence-corrected chi connectivity index (χ1v) is 3.77. The molecule has 1 fully saturated rings. The largest absolute Gasteiger partial charge is 0.326 e. The Hall–Kier alpha value is -0.0800. The lowest BCUT2D eigenvalue weighted by molar-refractivity contribution is 0.344. The van der Waals surface area contributed by atoms with Gasteiger partial charge in [-0.15, -0.1) is 0 Å². The Labute approximate surface area is 56.8 Å². The molecular formula is C7H16N2. The van der Waals surface area contributed by atoms with Crippen LogP contribution in [-0.4, -0.2) is 19.1 Å². The number of hydrogen-bond acceptors (Lipinski definition) is 2. The minimum atomic E-state index is 0.406. The number of likely N-dealkylation sites (N-methyl/N-ethyl adjacent to an activating group) is 1. The van der Waals surface area contributed by atoms with E-state index in [0.717, 1.165) is 0 Å². The van der Waals surface area contributed by atoms with Crippen LogP contribution in [0.15, 0.2) is 0 Å². The second-order valence-corrected chi connectivity index (χ2v) is 2.84. The molecule has 3 N–H and O–H groups in total. The molecular weight excluding hydrogens is 112 g/mol. The van der Waals surface area contributed by atoms with E-state index in [1.165, 1.54) is 25.7 Å². The lowest BCUT2D eigenvalue weighted by Crippen LogP contribution is -2.45.